The van der Waals surface area contributed by atoms with Gasteiger partial charge in [-0.2, -0.15) is 0 Å². The molecule has 0 unspecified atom stereocenters. The van der Waals surface area contributed by atoms with Crippen molar-refractivity contribution in [3.8, 4) is 5.88 Å². The minimum absolute atomic E-state index is 0.119. The number of nitrogens with two attached hydrogens (primary N) is 1. The van der Waals surface area contributed by atoms with E-state index in [2.05, 4.69) is 4.98 Å². The number of amides is 2. The van der Waals surface area contributed by atoms with Crippen LogP contribution in [0.1, 0.15) is 30.1 Å². The van der Waals surface area contributed by atoms with Crippen LogP contribution in [0.25, 0.3) is 0 Å². The van der Waals surface area contributed by atoms with Crippen LogP contribution in [0.3, 0.4) is 0 Å². The largest absolute Gasteiger partial charge is 0.478 e. The second-order valence-corrected chi connectivity index (χ2v) is 4.81. The van der Waals surface area contributed by atoms with Gasteiger partial charge >= 0.3 is 0 Å². The quantitative estimate of drug-likeness (QED) is 0.882. The second-order valence-electron chi connectivity index (χ2n) is 4.81. The number of carbonyl (C=O) groups is 2. The summed E-state index contributed by atoms with van der Waals surface area (Å²) < 4.78 is 5.24. The molecule has 1 saturated heterocycles. The first kappa shape index (κ1) is 14.3. The minimum atomic E-state index is -0.340. The summed E-state index contributed by atoms with van der Waals surface area (Å²) in [6.07, 6.45) is 3.05. The van der Waals surface area contributed by atoms with E-state index in [9.17, 15) is 9.59 Å². The molecule has 6 heteroatoms. The summed E-state index contributed by atoms with van der Waals surface area (Å²) in [7, 11) is 0. The predicted octanol–water partition coefficient (Wildman–Crippen LogP) is 0.818. The lowest BCUT2D eigenvalue weighted by molar-refractivity contribution is -0.123. The molecule has 1 aliphatic heterocycles. The summed E-state index contributed by atoms with van der Waals surface area (Å²) >= 11 is 0. The molecule has 20 heavy (non-hydrogen) atoms. The van der Waals surface area contributed by atoms with Gasteiger partial charge in [-0.3, -0.25) is 9.59 Å². The van der Waals surface area contributed by atoms with Gasteiger partial charge in [0.05, 0.1) is 18.1 Å². The number of rotatable bonds is 4. The van der Waals surface area contributed by atoms with Gasteiger partial charge in [-0.1, -0.05) is 0 Å². The van der Waals surface area contributed by atoms with Crippen molar-refractivity contribution < 1.29 is 14.3 Å². The highest BCUT2D eigenvalue weighted by Gasteiger charge is 2.27. The van der Waals surface area contributed by atoms with Crippen molar-refractivity contribution in [2.75, 3.05) is 19.7 Å². The summed E-state index contributed by atoms with van der Waals surface area (Å²) in [6, 6.07) is 3.36. The third-order valence-corrected chi connectivity index (χ3v) is 3.39. The van der Waals surface area contributed by atoms with Gasteiger partial charge in [0.25, 0.3) is 5.91 Å². The second kappa shape index (κ2) is 6.36. The van der Waals surface area contributed by atoms with Gasteiger partial charge in [0, 0.05) is 25.4 Å². The van der Waals surface area contributed by atoms with E-state index in [1.54, 1.807) is 17.0 Å². The summed E-state index contributed by atoms with van der Waals surface area (Å²) in [5.41, 5.74) is 5.81. The zero-order chi connectivity index (χ0) is 14.5. The Morgan fingerprint density at radius 3 is 2.90 bits per heavy atom. The number of hydrogen-bond donors (Lipinski definition) is 1. The number of aromatic nitrogens is 1. The van der Waals surface area contributed by atoms with Crippen LogP contribution in [-0.4, -0.2) is 41.4 Å². The number of nitrogens with zero attached hydrogens (tertiary/aromatic N) is 2. The molecule has 2 N–H and O–H groups in total. The van der Waals surface area contributed by atoms with E-state index in [1.807, 2.05) is 6.92 Å². The van der Waals surface area contributed by atoms with E-state index < -0.39 is 0 Å². The Morgan fingerprint density at radius 2 is 2.30 bits per heavy atom. The smallest absolute Gasteiger partial charge is 0.255 e. The Bertz CT molecular complexity index is 487. The molecule has 0 aliphatic carbocycles. The number of piperidine rings is 1. The minimum Gasteiger partial charge on any atom is -0.478 e. The molecule has 2 amide bonds. The average Bonchev–Trinajstić information content (AvgIpc) is 2.48. The maximum absolute atomic E-state index is 12.3. The molecule has 0 bridgehead atoms. The predicted molar refractivity (Wildman–Crippen MR) is 73.2 cm³/mol. The lowest BCUT2D eigenvalue weighted by Gasteiger charge is -2.31. The molecule has 1 aliphatic rings. The Hall–Kier alpha value is -2.11. The zero-order valence-corrected chi connectivity index (χ0v) is 11.5. The van der Waals surface area contributed by atoms with Crippen molar-refractivity contribution in [3.63, 3.8) is 0 Å². The fourth-order valence-corrected chi connectivity index (χ4v) is 2.32. The van der Waals surface area contributed by atoms with E-state index in [0.717, 1.165) is 12.8 Å². The summed E-state index contributed by atoms with van der Waals surface area (Å²) in [5.74, 6) is -0.208. The average molecular weight is 277 g/mol. The highest BCUT2D eigenvalue weighted by molar-refractivity contribution is 5.94. The number of primary amides is 1. The molecule has 0 radical (unpaired) electrons. The standard InChI is InChI=1S/C14H19N3O3/c1-2-20-12-6-5-10(8-16-12)14(19)17-7-3-4-11(9-17)13(15)18/h5-6,8,11H,2-4,7,9H2,1H3,(H2,15,18)/t11-/m0/s1. The van der Waals surface area contributed by atoms with Crippen LogP contribution >= 0.6 is 0 Å². The molecule has 6 nitrogen and oxygen atoms in total. The number of pyridine rings is 1. The monoisotopic (exact) mass is 277 g/mol. The van der Waals surface area contributed by atoms with Crippen molar-refractivity contribution in [2.45, 2.75) is 19.8 Å². The molecular weight excluding hydrogens is 258 g/mol. The first-order valence-corrected chi connectivity index (χ1v) is 6.79. The maximum Gasteiger partial charge on any atom is 0.255 e. The molecular formula is C14H19N3O3. The number of ether oxygens (including phenoxy) is 1. The van der Waals surface area contributed by atoms with E-state index in [0.29, 0.717) is 31.1 Å². The van der Waals surface area contributed by atoms with E-state index in [4.69, 9.17) is 10.5 Å². The molecule has 108 valence electrons. The fourth-order valence-electron chi connectivity index (χ4n) is 2.32. The van der Waals surface area contributed by atoms with Crippen LogP contribution < -0.4 is 10.5 Å². The van der Waals surface area contributed by atoms with Crippen molar-refractivity contribution in [1.29, 1.82) is 0 Å². The van der Waals surface area contributed by atoms with Crippen molar-refractivity contribution in [1.82, 2.24) is 9.88 Å². The molecule has 0 spiro atoms. The summed E-state index contributed by atoms with van der Waals surface area (Å²) in [4.78, 5) is 29.3. The summed E-state index contributed by atoms with van der Waals surface area (Å²) in [5, 5.41) is 0. The van der Waals surface area contributed by atoms with Gasteiger partial charge in [0.15, 0.2) is 0 Å². The molecule has 0 aromatic carbocycles. The van der Waals surface area contributed by atoms with Crippen molar-refractivity contribution >= 4 is 11.8 Å². The zero-order valence-electron chi connectivity index (χ0n) is 11.5. The first-order valence-electron chi connectivity index (χ1n) is 6.79. The molecule has 1 atom stereocenters. The highest BCUT2D eigenvalue weighted by atomic mass is 16.5. The number of carbonyl (C=O) groups excluding carboxylic acids is 2. The van der Waals surface area contributed by atoms with Crippen molar-refractivity contribution in [3.05, 3.63) is 23.9 Å². The Balaban J connectivity index is 2.04. The molecule has 2 heterocycles. The van der Waals surface area contributed by atoms with Gasteiger partial charge < -0.3 is 15.4 Å². The lowest BCUT2D eigenvalue weighted by atomic mass is 9.97. The van der Waals surface area contributed by atoms with Gasteiger partial charge in [0.2, 0.25) is 11.8 Å². The van der Waals surface area contributed by atoms with Crippen LogP contribution in [0.5, 0.6) is 5.88 Å². The Labute approximate surface area is 117 Å². The third kappa shape index (κ3) is 3.26. The topological polar surface area (TPSA) is 85.5 Å². The van der Waals surface area contributed by atoms with Crippen LogP contribution in [0, 0.1) is 5.92 Å². The van der Waals surface area contributed by atoms with Crippen LogP contribution in [0.4, 0.5) is 0 Å². The van der Waals surface area contributed by atoms with Gasteiger partial charge in [0.1, 0.15) is 0 Å². The van der Waals surface area contributed by atoms with Gasteiger partial charge in [-0.25, -0.2) is 4.98 Å². The van der Waals surface area contributed by atoms with Crippen LogP contribution in [-0.2, 0) is 4.79 Å². The van der Waals surface area contributed by atoms with E-state index in [-0.39, 0.29) is 17.7 Å². The molecule has 1 fully saturated rings. The molecule has 1 aromatic heterocycles. The number of hydrogen-bond acceptors (Lipinski definition) is 4. The Morgan fingerprint density at radius 1 is 1.50 bits per heavy atom. The van der Waals surface area contributed by atoms with Gasteiger partial charge in [-0.15, -0.1) is 0 Å². The SMILES string of the molecule is CCOc1ccc(C(=O)N2CCC[C@H](C(N)=O)C2)cn1. The number of likely N-dealkylation sites (tertiary alicyclic amines) is 1. The summed E-state index contributed by atoms with van der Waals surface area (Å²) in [6.45, 7) is 3.45. The van der Waals surface area contributed by atoms with E-state index >= 15 is 0 Å². The first-order chi connectivity index (χ1) is 9.61. The normalized spacial score (nSPS) is 18.6. The van der Waals surface area contributed by atoms with E-state index in [1.165, 1.54) is 6.20 Å². The lowest BCUT2D eigenvalue weighted by Crippen LogP contribution is -2.44. The van der Waals surface area contributed by atoms with Crippen LogP contribution in [0.2, 0.25) is 0 Å². The highest BCUT2D eigenvalue weighted by Crippen LogP contribution is 2.18. The molecule has 1 aromatic rings. The Kier molecular flexibility index (Phi) is 4.55. The maximum atomic E-state index is 12.3. The van der Waals surface area contributed by atoms with Crippen LogP contribution in [0.15, 0.2) is 18.3 Å². The third-order valence-electron chi connectivity index (χ3n) is 3.39. The van der Waals surface area contributed by atoms with Crippen molar-refractivity contribution in [2.24, 2.45) is 11.7 Å². The molecule has 2 rings (SSSR count). The van der Waals surface area contributed by atoms with Gasteiger partial charge in [-0.05, 0) is 25.8 Å². The fraction of sp³-hybridized carbons (Fsp3) is 0.500. The molecule has 0 saturated carbocycles.